The maximum Gasteiger partial charge on any atom is 0.364 e. The number of carbonyl (C=O) groups excluding carboxylic acids is 2. The van der Waals surface area contributed by atoms with Crippen molar-refractivity contribution in [3.63, 3.8) is 0 Å². The zero-order chi connectivity index (χ0) is 64.0. The first-order valence-electron chi connectivity index (χ1n) is 33.5. The number of carbonyl (C=O) groups is 3. The molecule has 3 saturated heterocycles. The van der Waals surface area contributed by atoms with Gasteiger partial charge in [-0.15, -0.1) is 0 Å². The predicted molar refractivity (Wildman–Crippen MR) is 325 cm³/mol. The summed E-state index contributed by atoms with van der Waals surface area (Å²) in [6.45, 7) is 2.13. The molecule has 0 radical (unpaired) electrons. The van der Waals surface area contributed by atoms with Crippen molar-refractivity contribution >= 4 is 17.8 Å². The number of carboxylic acids is 1. The molecule has 0 bridgehead atoms. The van der Waals surface area contributed by atoms with Gasteiger partial charge in [0.25, 0.3) is 5.79 Å². The third kappa shape index (κ3) is 28.9. The molecule has 87 heavy (non-hydrogen) atoms. The topological polar surface area (TPSA) is 373 Å². The molecular weight excluding hydrogens is 1130 g/mol. The minimum absolute atomic E-state index is 0.175. The molecule has 0 aromatic carbocycles. The summed E-state index contributed by atoms with van der Waals surface area (Å²) in [6.07, 6.45) is 12.7. The molecule has 3 aliphatic rings. The number of unbranched alkanes of at least 4 members (excludes halogenated alkanes) is 28. The Morgan fingerprint density at radius 1 is 0.586 bits per heavy atom. The number of aliphatic carboxylic acids is 1. The van der Waals surface area contributed by atoms with Crippen molar-refractivity contribution in [1.29, 1.82) is 0 Å². The maximum atomic E-state index is 13.3. The van der Waals surface area contributed by atoms with E-state index in [1.807, 2.05) is 0 Å². The van der Waals surface area contributed by atoms with Crippen LogP contribution in [0.3, 0.4) is 0 Å². The first kappa shape index (κ1) is 78.7. The molecule has 3 fully saturated rings. The first-order chi connectivity index (χ1) is 41.9. The van der Waals surface area contributed by atoms with Gasteiger partial charge in [0.1, 0.15) is 67.1 Å². The summed E-state index contributed by atoms with van der Waals surface area (Å²) >= 11 is 0. The van der Waals surface area contributed by atoms with Crippen LogP contribution >= 0.6 is 0 Å². The number of aliphatic hydroxyl groups excluding tert-OH is 11. The summed E-state index contributed by atoms with van der Waals surface area (Å²) < 4.78 is 34.7. The summed E-state index contributed by atoms with van der Waals surface area (Å²) in [6, 6.07) is -2.54. The molecule has 2 amide bonds. The number of amides is 2. The van der Waals surface area contributed by atoms with Crippen molar-refractivity contribution in [2.24, 2.45) is 0 Å². The van der Waals surface area contributed by atoms with E-state index < -0.39 is 148 Å². The van der Waals surface area contributed by atoms with Crippen LogP contribution in [0.4, 0.5) is 0 Å². The molecule has 18 unspecified atom stereocenters. The Labute approximate surface area is 518 Å². The van der Waals surface area contributed by atoms with Crippen LogP contribution in [-0.2, 0) is 42.8 Å². The van der Waals surface area contributed by atoms with E-state index in [0.717, 1.165) is 51.9 Å². The average molecular weight is 1250 g/mol. The second-order valence-electron chi connectivity index (χ2n) is 24.7. The molecular formula is C64H118N2O21. The van der Waals surface area contributed by atoms with Crippen molar-refractivity contribution in [3.05, 3.63) is 12.2 Å². The lowest BCUT2D eigenvalue weighted by molar-refractivity contribution is -0.386. The largest absolute Gasteiger partial charge is 0.477 e. The number of hydrogen-bond acceptors (Lipinski definition) is 20. The molecule has 510 valence electrons. The monoisotopic (exact) mass is 1250 g/mol. The van der Waals surface area contributed by atoms with Gasteiger partial charge in [0.2, 0.25) is 11.8 Å². The second-order valence-corrected chi connectivity index (χ2v) is 24.7. The molecule has 23 nitrogen and oxygen atoms in total. The molecule has 0 aliphatic carbocycles. The van der Waals surface area contributed by atoms with E-state index in [-0.39, 0.29) is 18.9 Å². The van der Waals surface area contributed by atoms with E-state index in [1.165, 1.54) is 135 Å². The summed E-state index contributed by atoms with van der Waals surface area (Å²) in [5, 5.41) is 136. The van der Waals surface area contributed by atoms with Gasteiger partial charge in [-0.3, -0.25) is 9.59 Å². The summed E-state index contributed by atoms with van der Waals surface area (Å²) in [7, 11) is 0. The molecule has 3 rings (SSSR count). The Bertz CT molecular complexity index is 1820. The minimum atomic E-state index is -3.08. The molecule has 23 heteroatoms. The van der Waals surface area contributed by atoms with Gasteiger partial charge in [-0.1, -0.05) is 199 Å². The minimum Gasteiger partial charge on any atom is -0.477 e. The van der Waals surface area contributed by atoms with Gasteiger partial charge in [0.05, 0.1) is 50.7 Å². The molecule has 0 aromatic rings. The Hall–Kier alpha value is -2.53. The quantitative estimate of drug-likeness (QED) is 0.0278. The van der Waals surface area contributed by atoms with Crippen LogP contribution in [0.25, 0.3) is 0 Å². The van der Waals surface area contributed by atoms with Crippen LogP contribution in [0.15, 0.2) is 12.2 Å². The fourth-order valence-electron chi connectivity index (χ4n) is 11.8. The maximum absolute atomic E-state index is 13.3. The average Bonchev–Trinajstić information content (AvgIpc) is 0.958. The van der Waals surface area contributed by atoms with Crippen LogP contribution in [0, 0.1) is 0 Å². The molecule has 0 spiro atoms. The number of ether oxygens (including phenoxy) is 6. The van der Waals surface area contributed by atoms with Gasteiger partial charge in [-0.2, -0.15) is 0 Å². The van der Waals surface area contributed by atoms with Gasteiger partial charge in [-0.05, 0) is 32.1 Å². The van der Waals surface area contributed by atoms with Crippen LogP contribution in [-0.4, -0.2) is 215 Å². The highest BCUT2D eigenvalue weighted by atomic mass is 16.8. The van der Waals surface area contributed by atoms with Crippen LogP contribution in [0.5, 0.6) is 0 Å². The number of aliphatic hydroxyl groups is 11. The molecule has 3 aliphatic heterocycles. The first-order valence-corrected chi connectivity index (χ1v) is 33.5. The Kier molecular flexibility index (Phi) is 41.3. The lowest BCUT2D eigenvalue weighted by Crippen LogP contribution is -2.70. The molecule has 0 saturated carbocycles. The fraction of sp³-hybridized carbons (Fsp3) is 0.922. The Morgan fingerprint density at radius 2 is 1.07 bits per heavy atom. The third-order valence-corrected chi connectivity index (χ3v) is 17.2. The molecule has 14 N–H and O–H groups in total. The van der Waals surface area contributed by atoms with Crippen molar-refractivity contribution in [3.8, 4) is 0 Å². The Morgan fingerprint density at radius 3 is 1.55 bits per heavy atom. The highest BCUT2D eigenvalue weighted by molar-refractivity contribution is 5.77. The summed E-state index contributed by atoms with van der Waals surface area (Å²) in [5.74, 6) is -6.14. The van der Waals surface area contributed by atoms with E-state index in [0.29, 0.717) is 25.7 Å². The van der Waals surface area contributed by atoms with Crippen LogP contribution in [0.1, 0.15) is 239 Å². The SMILES string of the molecule is CCCCCC/C=C\CCCC(=O)NC(COC1OC(CO)C(OC2OC(CO)C(O)C(OC3(C(=O)O)CC(O)C(NC(C)=O)C(C(O)C(O)CO)O3)C2O)C(O)C1O)C(O)CCCCCCCCCCCCCCCCCCCCCCCCCC. The van der Waals surface area contributed by atoms with E-state index >= 15 is 0 Å². The zero-order valence-corrected chi connectivity index (χ0v) is 52.9. The highest BCUT2D eigenvalue weighted by Gasteiger charge is 2.60. The van der Waals surface area contributed by atoms with Gasteiger partial charge in [-0.25, -0.2) is 4.79 Å². The lowest BCUT2D eigenvalue weighted by atomic mass is 9.88. The summed E-state index contributed by atoms with van der Waals surface area (Å²) in [5.41, 5.74) is 0. The van der Waals surface area contributed by atoms with Gasteiger partial charge >= 0.3 is 5.97 Å². The number of rotatable bonds is 50. The van der Waals surface area contributed by atoms with Crippen LogP contribution < -0.4 is 10.6 Å². The normalized spacial score (nSPS) is 29.2. The van der Waals surface area contributed by atoms with E-state index in [1.54, 1.807) is 0 Å². The zero-order valence-electron chi connectivity index (χ0n) is 52.9. The number of carboxylic acid groups (broad SMARTS) is 1. The van der Waals surface area contributed by atoms with Crippen molar-refractivity contribution in [1.82, 2.24) is 10.6 Å². The number of hydrogen-bond donors (Lipinski definition) is 14. The fourth-order valence-corrected chi connectivity index (χ4v) is 11.8. The lowest BCUT2D eigenvalue weighted by Gasteiger charge is -2.50. The molecule has 0 aromatic heterocycles. The van der Waals surface area contributed by atoms with Crippen LogP contribution in [0.2, 0.25) is 0 Å². The standard InChI is InChI=1S/C64H118N2O21/c1-4-6-8-10-12-14-15-16-17-18-19-20-21-22-23-24-25-26-27-28-30-31-33-35-37-46(71)45(66-51(74)38-36-34-32-29-13-11-9-7-5-2)43-82-61-56(78)55(77)58(50(42-69)84-61)85-62-57(79)60(54(76)49(41-68)83-62)87-64(63(80)81)39-47(72)52(65-44(3)70)59(86-64)53(75)48(73)40-67/h29,32,45-50,52-62,67-69,71-73,75-79H,4-28,30-31,33-43H2,1-3H3,(H,65,70)(H,66,74)(H,80,81)/b32-29-. The van der Waals surface area contributed by atoms with Gasteiger partial charge < -0.3 is 100 Å². The van der Waals surface area contributed by atoms with Gasteiger partial charge in [0.15, 0.2) is 12.6 Å². The van der Waals surface area contributed by atoms with Gasteiger partial charge in [0, 0.05) is 19.8 Å². The van der Waals surface area contributed by atoms with E-state index in [2.05, 4.69) is 36.6 Å². The number of allylic oxidation sites excluding steroid dienone is 2. The van der Waals surface area contributed by atoms with Crippen molar-refractivity contribution < 1.29 is 104 Å². The van der Waals surface area contributed by atoms with Crippen molar-refractivity contribution in [2.45, 2.75) is 349 Å². The van der Waals surface area contributed by atoms with E-state index in [9.17, 15) is 75.7 Å². The molecule has 3 heterocycles. The predicted octanol–water partition coefficient (Wildman–Crippen LogP) is 5.12. The van der Waals surface area contributed by atoms with Crippen molar-refractivity contribution in [2.75, 3.05) is 26.4 Å². The van der Waals surface area contributed by atoms with E-state index in [4.69, 9.17) is 28.4 Å². The number of nitrogens with one attached hydrogen (secondary N) is 2. The Balaban J connectivity index is 1.56. The smallest absolute Gasteiger partial charge is 0.364 e. The highest BCUT2D eigenvalue weighted by Crippen LogP contribution is 2.39. The second kappa shape index (κ2) is 45.7. The third-order valence-electron chi connectivity index (χ3n) is 17.2. The molecule has 18 atom stereocenters. The summed E-state index contributed by atoms with van der Waals surface area (Å²) in [4.78, 5) is 38.4.